The zero-order valence-corrected chi connectivity index (χ0v) is 12.4. The summed E-state index contributed by atoms with van der Waals surface area (Å²) < 4.78 is 31.3. The fourth-order valence-electron chi connectivity index (χ4n) is 2.08. The van der Waals surface area contributed by atoms with E-state index >= 15 is 0 Å². The van der Waals surface area contributed by atoms with Crippen LogP contribution in [0.4, 0.5) is 8.78 Å². The van der Waals surface area contributed by atoms with Gasteiger partial charge in [0.25, 0.3) is 0 Å². The van der Waals surface area contributed by atoms with Crippen LogP contribution in [0.3, 0.4) is 0 Å². The van der Waals surface area contributed by atoms with Crippen molar-refractivity contribution >= 4 is 0 Å². The van der Waals surface area contributed by atoms with Crippen LogP contribution in [0.2, 0.25) is 0 Å². The molecular formula is C15H19F2N3O. The van der Waals surface area contributed by atoms with Crippen molar-refractivity contribution in [3.05, 3.63) is 35.7 Å². The standard InChI is InChI=1S/C15H19F2N3O/c1-4-18-13(9(2)3)8-14-19-15(20-21-14)10-5-6-11(16)12(17)7-10/h5-7,9,13,18H,4,8H2,1-3H3. The SMILES string of the molecule is CCNC(Cc1nc(-c2ccc(F)c(F)c2)no1)C(C)C. The number of likely N-dealkylation sites (N-methyl/N-ethyl adjacent to an activating group) is 1. The molecule has 21 heavy (non-hydrogen) atoms. The highest BCUT2D eigenvalue weighted by Gasteiger charge is 2.18. The van der Waals surface area contributed by atoms with Crippen LogP contribution in [0.5, 0.6) is 0 Å². The van der Waals surface area contributed by atoms with Gasteiger partial charge in [0, 0.05) is 18.0 Å². The van der Waals surface area contributed by atoms with E-state index in [0.717, 1.165) is 18.7 Å². The quantitative estimate of drug-likeness (QED) is 0.889. The van der Waals surface area contributed by atoms with Crippen LogP contribution in [0.15, 0.2) is 22.7 Å². The molecule has 1 heterocycles. The lowest BCUT2D eigenvalue weighted by Crippen LogP contribution is -2.35. The van der Waals surface area contributed by atoms with Crippen LogP contribution >= 0.6 is 0 Å². The molecule has 0 aliphatic rings. The van der Waals surface area contributed by atoms with E-state index in [1.165, 1.54) is 6.07 Å². The Bertz CT molecular complexity index is 598. The van der Waals surface area contributed by atoms with Gasteiger partial charge in [-0.1, -0.05) is 25.9 Å². The molecule has 1 atom stereocenters. The van der Waals surface area contributed by atoms with Crippen molar-refractivity contribution in [2.24, 2.45) is 5.92 Å². The van der Waals surface area contributed by atoms with Gasteiger partial charge in [-0.05, 0) is 30.7 Å². The van der Waals surface area contributed by atoms with Gasteiger partial charge in [-0.3, -0.25) is 0 Å². The maximum atomic E-state index is 13.2. The third kappa shape index (κ3) is 3.85. The first kappa shape index (κ1) is 15.6. The Balaban J connectivity index is 2.15. The van der Waals surface area contributed by atoms with Crippen LogP contribution in [0, 0.1) is 17.6 Å². The maximum absolute atomic E-state index is 13.2. The normalized spacial score (nSPS) is 12.9. The van der Waals surface area contributed by atoms with Crippen molar-refractivity contribution in [3.63, 3.8) is 0 Å². The molecule has 0 aliphatic carbocycles. The molecule has 0 saturated heterocycles. The topological polar surface area (TPSA) is 51.0 Å². The van der Waals surface area contributed by atoms with Gasteiger partial charge in [-0.25, -0.2) is 8.78 Å². The Hall–Kier alpha value is -1.82. The molecule has 0 amide bonds. The number of hydrogen-bond donors (Lipinski definition) is 1. The van der Waals surface area contributed by atoms with E-state index in [1.54, 1.807) is 0 Å². The molecule has 0 spiro atoms. The third-order valence-electron chi connectivity index (χ3n) is 3.31. The molecule has 0 bridgehead atoms. The average Bonchev–Trinajstić information content (AvgIpc) is 2.90. The van der Waals surface area contributed by atoms with E-state index in [9.17, 15) is 8.78 Å². The highest BCUT2D eigenvalue weighted by Crippen LogP contribution is 2.19. The Morgan fingerprint density at radius 1 is 1.24 bits per heavy atom. The second-order valence-corrected chi connectivity index (χ2v) is 5.25. The summed E-state index contributed by atoms with van der Waals surface area (Å²) in [4.78, 5) is 4.25. The summed E-state index contributed by atoms with van der Waals surface area (Å²) in [6, 6.07) is 3.77. The van der Waals surface area contributed by atoms with E-state index in [1.807, 2.05) is 6.92 Å². The van der Waals surface area contributed by atoms with Gasteiger partial charge in [-0.2, -0.15) is 4.98 Å². The van der Waals surface area contributed by atoms with Crippen LogP contribution in [0.25, 0.3) is 11.4 Å². The number of nitrogens with zero attached hydrogens (tertiary/aromatic N) is 2. The first-order chi connectivity index (χ1) is 10.0. The van der Waals surface area contributed by atoms with Crippen molar-refractivity contribution in [3.8, 4) is 11.4 Å². The molecule has 0 saturated carbocycles. The van der Waals surface area contributed by atoms with Crippen molar-refractivity contribution in [2.75, 3.05) is 6.54 Å². The minimum absolute atomic E-state index is 0.230. The number of aromatic nitrogens is 2. The third-order valence-corrected chi connectivity index (χ3v) is 3.31. The molecule has 1 aromatic heterocycles. The van der Waals surface area contributed by atoms with Gasteiger partial charge in [0.05, 0.1) is 0 Å². The summed E-state index contributed by atoms with van der Waals surface area (Å²) in [5.74, 6) is -0.651. The minimum atomic E-state index is -0.924. The summed E-state index contributed by atoms with van der Waals surface area (Å²) in [6.07, 6.45) is 0.599. The Labute approximate surface area is 122 Å². The molecule has 1 aromatic carbocycles. The zero-order chi connectivity index (χ0) is 15.4. The number of rotatable bonds is 6. The van der Waals surface area contributed by atoms with Crippen LogP contribution in [-0.2, 0) is 6.42 Å². The summed E-state index contributed by atoms with van der Waals surface area (Å²) in [6.45, 7) is 7.11. The molecule has 1 unspecified atom stereocenters. The Morgan fingerprint density at radius 3 is 2.62 bits per heavy atom. The summed E-state index contributed by atoms with van der Waals surface area (Å²) in [5, 5.41) is 7.19. The van der Waals surface area contributed by atoms with Crippen molar-refractivity contribution in [2.45, 2.75) is 33.2 Å². The smallest absolute Gasteiger partial charge is 0.228 e. The predicted molar refractivity (Wildman–Crippen MR) is 75.7 cm³/mol. The molecule has 114 valence electrons. The van der Waals surface area contributed by atoms with Gasteiger partial charge in [0.1, 0.15) is 0 Å². The first-order valence-electron chi connectivity index (χ1n) is 7.02. The summed E-state index contributed by atoms with van der Waals surface area (Å²) in [7, 11) is 0. The number of halogens is 2. The van der Waals surface area contributed by atoms with E-state index in [2.05, 4.69) is 29.3 Å². The molecule has 2 rings (SSSR count). The van der Waals surface area contributed by atoms with Crippen molar-refractivity contribution in [1.82, 2.24) is 15.5 Å². The van der Waals surface area contributed by atoms with Crippen LogP contribution in [0.1, 0.15) is 26.7 Å². The van der Waals surface area contributed by atoms with Crippen LogP contribution < -0.4 is 5.32 Å². The monoisotopic (exact) mass is 295 g/mol. The fraction of sp³-hybridized carbons (Fsp3) is 0.467. The van der Waals surface area contributed by atoms with Crippen LogP contribution in [-0.4, -0.2) is 22.7 Å². The Kier molecular flexibility index (Phi) is 5.01. The second kappa shape index (κ2) is 6.76. The zero-order valence-electron chi connectivity index (χ0n) is 12.4. The molecule has 0 fully saturated rings. The lowest BCUT2D eigenvalue weighted by atomic mass is 10.0. The van der Waals surface area contributed by atoms with Gasteiger partial charge in [0.2, 0.25) is 11.7 Å². The van der Waals surface area contributed by atoms with Gasteiger partial charge in [0.15, 0.2) is 11.6 Å². The first-order valence-corrected chi connectivity index (χ1v) is 7.02. The predicted octanol–water partition coefficient (Wildman–Crippen LogP) is 3.19. The van der Waals surface area contributed by atoms with E-state index < -0.39 is 11.6 Å². The molecule has 1 N–H and O–H groups in total. The van der Waals surface area contributed by atoms with E-state index in [0.29, 0.717) is 23.8 Å². The highest BCUT2D eigenvalue weighted by atomic mass is 19.2. The van der Waals surface area contributed by atoms with Gasteiger partial charge < -0.3 is 9.84 Å². The van der Waals surface area contributed by atoms with E-state index in [4.69, 9.17) is 4.52 Å². The molecule has 6 heteroatoms. The highest BCUT2D eigenvalue weighted by molar-refractivity contribution is 5.54. The molecular weight excluding hydrogens is 276 g/mol. The van der Waals surface area contributed by atoms with Gasteiger partial charge >= 0.3 is 0 Å². The van der Waals surface area contributed by atoms with Gasteiger partial charge in [-0.15, -0.1) is 0 Å². The molecule has 2 aromatic rings. The minimum Gasteiger partial charge on any atom is -0.339 e. The summed E-state index contributed by atoms with van der Waals surface area (Å²) in [5.41, 5.74) is 0.397. The lowest BCUT2D eigenvalue weighted by molar-refractivity contribution is 0.329. The largest absolute Gasteiger partial charge is 0.339 e. The number of hydrogen-bond acceptors (Lipinski definition) is 4. The van der Waals surface area contributed by atoms with Crippen molar-refractivity contribution in [1.29, 1.82) is 0 Å². The number of benzene rings is 1. The maximum Gasteiger partial charge on any atom is 0.228 e. The average molecular weight is 295 g/mol. The molecule has 0 radical (unpaired) electrons. The Morgan fingerprint density at radius 2 is 2.00 bits per heavy atom. The number of nitrogens with one attached hydrogen (secondary N) is 1. The fourth-order valence-corrected chi connectivity index (χ4v) is 2.08. The second-order valence-electron chi connectivity index (χ2n) is 5.25. The molecule has 4 nitrogen and oxygen atoms in total. The van der Waals surface area contributed by atoms with Crippen molar-refractivity contribution < 1.29 is 13.3 Å². The molecule has 0 aliphatic heterocycles. The lowest BCUT2D eigenvalue weighted by Gasteiger charge is -2.19. The summed E-state index contributed by atoms with van der Waals surface area (Å²) >= 11 is 0. The van der Waals surface area contributed by atoms with E-state index in [-0.39, 0.29) is 11.9 Å².